The summed E-state index contributed by atoms with van der Waals surface area (Å²) in [4.78, 5) is 15.5. The molecular weight excluding hydrogens is 374 g/mol. The van der Waals surface area contributed by atoms with Gasteiger partial charge in [-0.15, -0.1) is 0 Å². The van der Waals surface area contributed by atoms with Crippen LogP contribution in [-0.2, 0) is 14.8 Å². The molecule has 0 spiro atoms. The number of carbonyl (C=O) groups excluding carboxylic acids is 1. The van der Waals surface area contributed by atoms with Crippen LogP contribution in [-0.4, -0.2) is 19.3 Å². The molecule has 2 aromatic carbocycles. The second-order valence-corrected chi connectivity index (χ2v) is 8.09. The van der Waals surface area contributed by atoms with E-state index in [4.69, 9.17) is 0 Å². The van der Waals surface area contributed by atoms with Gasteiger partial charge >= 0.3 is 0 Å². The fourth-order valence-electron chi connectivity index (χ4n) is 2.77. The Bertz CT molecular complexity index is 1050. The molecule has 1 aromatic heterocycles. The molecule has 2 N–H and O–H groups in total. The lowest BCUT2D eigenvalue weighted by Gasteiger charge is -2.14. The van der Waals surface area contributed by atoms with Crippen LogP contribution in [0.5, 0.6) is 0 Å². The van der Waals surface area contributed by atoms with E-state index in [0.29, 0.717) is 11.4 Å². The molecule has 3 aromatic rings. The number of rotatable bonds is 6. The Labute approximate surface area is 164 Å². The van der Waals surface area contributed by atoms with Gasteiger partial charge in [0.1, 0.15) is 0 Å². The number of carbonyl (C=O) groups is 1. The number of hydrogen-bond acceptors (Lipinski definition) is 4. The number of hydrogen-bond donors (Lipinski definition) is 2. The Balaban J connectivity index is 1.75. The van der Waals surface area contributed by atoms with E-state index in [9.17, 15) is 13.2 Å². The number of anilines is 1. The minimum absolute atomic E-state index is 0.130. The predicted octanol–water partition coefficient (Wildman–Crippen LogP) is 3.75. The smallest absolute Gasteiger partial charge is 0.241 e. The predicted molar refractivity (Wildman–Crippen MR) is 109 cm³/mol. The lowest BCUT2D eigenvalue weighted by molar-refractivity contribution is -0.114. The summed E-state index contributed by atoms with van der Waals surface area (Å²) in [6.45, 7) is 3.21. The first-order chi connectivity index (χ1) is 13.3. The maximum atomic E-state index is 12.6. The maximum absolute atomic E-state index is 12.6. The molecule has 0 aliphatic rings. The zero-order valence-corrected chi connectivity index (χ0v) is 16.4. The number of nitrogens with one attached hydrogen (secondary N) is 2. The number of amides is 1. The van der Waals surface area contributed by atoms with Crippen molar-refractivity contribution in [1.29, 1.82) is 0 Å². The molecule has 0 aliphatic carbocycles. The van der Waals surface area contributed by atoms with Crippen LogP contribution in [0.1, 0.15) is 25.6 Å². The minimum Gasteiger partial charge on any atom is -0.326 e. The van der Waals surface area contributed by atoms with Crippen LogP contribution in [0.4, 0.5) is 5.69 Å². The third-order valence-electron chi connectivity index (χ3n) is 4.17. The highest BCUT2D eigenvalue weighted by Gasteiger charge is 2.19. The topological polar surface area (TPSA) is 88.2 Å². The largest absolute Gasteiger partial charge is 0.326 e. The molecule has 7 heteroatoms. The molecule has 0 radical (unpaired) electrons. The SMILES string of the molecule is CC(=O)Nc1ccc(-c2ccc(S(=O)(=O)NC(C)c3ccccn3)cc2)cc1. The number of nitrogens with zero attached hydrogens (tertiary/aromatic N) is 1. The molecule has 144 valence electrons. The van der Waals surface area contributed by atoms with Gasteiger partial charge in [0.05, 0.1) is 16.6 Å². The van der Waals surface area contributed by atoms with Crippen LogP contribution in [0.2, 0.25) is 0 Å². The summed E-state index contributed by atoms with van der Waals surface area (Å²) < 4.78 is 27.9. The normalized spacial score (nSPS) is 12.4. The second kappa shape index (κ2) is 8.33. The third kappa shape index (κ3) is 4.82. The fraction of sp³-hybridized carbons (Fsp3) is 0.143. The number of sulfonamides is 1. The van der Waals surface area contributed by atoms with Crippen LogP contribution in [0, 0.1) is 0 Å². The lowest BCUT2D eigenvalue weighted by atomic mass is 10.1. The van der Waals surface area contributed by atoms with Gasteiger partial charge in [-0.1, -0.05) is 30.3 Å². The maximum Gasteiger partial charge on any atom is 0.241 e. The summed E-state index contributed by atoms with van der Waals surface area (Å²) in [6, 6.07) is 19.0. The van der Waals surface area contributed by atoms with E-state index in [1.807, 2.05) is 18.2 Å². The average molecular weight is 395 g/mol. The van der Waals surface area contributed by atoms with Crippen LogP contribution >= 0.6 is 0 Å². The van der Waals surface area contributed by atoms with Crippen LogP contribution in [0.3, 0.4) is 0 Å². The molecule has 0 saturated carbocycles. The molecule has 3 rings (SSSR count). The van der Waals surface area contributed by atoms with Crippen molar-refractivity contribution < 1.29 is 13.2 Å². The molecule has 0 bridgehead atoms. The highest BCUT2D eigenvalue weighted by Crippen LogP contribution is 2.24. The van der Waals surface area contributed by atoms with Crippen molar-refractivity contribution in [3.05, 3.63) is 78.6 Å². The first-order valence-electron chi connectivity index (χ1n) is 8.76. The van der Waals surface area contributed by atoms with Gasteiger partial charge in [-0.05, 0) is 54.4 Å². The van der Waals surface area contributed by atoms with E-state index in [2.05, 4.69) is 15.0 Å². The highest BCUT2D eigenvalue weighted by atomic mass is 32.2. The van der Waals surface area contributed by atoms with Gasteiger partial charge in [0, 0.05) is 18.8 Å². The summed E-state index contributed by atoms with van der Waals surface area (Å²) in [5, 5.41) is 2.71. The van der Waals surface area contributed by atoms with Crippen LogP contribution in [0.25, 0.3) is 11.1 Å². The average Bonchev–Trinajstić information content (AvgIpc) is 2.68. The summed E-state index contributed by atoms with van der Waals surface area (Å²) in [6.07, 6.45) is 1.63. The van der Waals surface area contributed by atoms with Crippen molar-refractivity contribution in [2.75, 3.05) is 5.32 Å². The summed E-state index contributed by atoms with van der Waals surface area (Å²) in [7, 11) is -3.66. The molecule has 0 saturated heterocycles. The van der Waals surface area contributed by atoms with E-state index in [1.165, 1.54) is 6.92 Å². The fourth-order valence-corrected chi connectivity index (χ4v) is 3.99. The Morgan fingerprint density at radius 2 is 1.54 bits per heavy atom. The van der Waals surface area contributed by atoms with Gasteiger partial charge < -0.3 is 5.32 Å². The standard InChI is InChI=1S/C21H21N3O3S/c1-15(21-5-3-4-14-22-21)24-28(26,27)20-12-8-18(9-13-20)17-6-10-19(11-7-17)23-16(2)25/h3-15,24H,1-2H3,(H,23,25). The Morgan fingerprint density at radius 3 is 2.07 bits per heavy atom. The van der Waals surface area contributed by atoms with Gasteiger partial charge in [-0.2, -0.15) is 0 Å². The molecule has 1 unspecified atom stereocenters. The van der Waals surface area contributed by atoms with E-state index in [0.717, 1.165) is 11.1 Å². The molecule has 6 nitrogen and oxygen atoms in total. The number of pyridine rings is 1. The van der Waals surface area contributed by atoms with Crippen LogP contribution < -0.4 is 10.0 Å². The zero-order valence-electron chi connectivity index (χ0n) is 15.6. The van der Waals surface area contributed by atoms with Crippen molar-refractivity contribution in [1.82, 2.24) is 9.71 Å². The Kier molecular flexibility index (Phi) is 5.87. The first kappa shape index (κ1) is 19.7. The van der Waals surface area contributed by atoms with E-state index in [1.54, 1.807) is 61.7 Å². The first-order valence-corrected chi connectivity index (χ1v) is 10.2. The molecule has 0 fully saturated rings. The van der Waals surface area contributed by atoms with Gasteiger partial charge in [-0.25, -0.2) is 13.1 Å². The van der Waals surface area contributed by atoms with Crippen molar-refractivity contribution in [2.24, 2.45) is 0 Å². The third-order valence-corrected chi connectivity index (χ3v) is 5.72. The second-order valence-electron chi connectivity index (χ2n) is 6.38. The molecule has 1 amide bonds. The highest BCUT2D eigenvalue weighted by molar-refractivity contribution is 7.89. The molecular formula is C21H21N3O3S. The van der Waals surface area contributed by atoms with Crippen molar-refractivity contribution >= 4 is 21.6 Å². The zero-order chi connectivity index (χ0) is 20.1. The summed E-state index contributed by atoms with van der Waals surface area (Å²) in [5.74, 6) is -0.130. The van der Waals surface area contributed by atoms with Gasteiger partial charge in [0.2, 0.25) is 15.9 Å². The number of aromatic nitrogens is 1. The quantitative estimate of drug-likeness (QED) is 0.665. The Hall–Kier alpha value is -3.03. The summed E-state index contributed by atoms with van der Waals surface area (Å²) in [5.41, 5.74) is 3.17. The molecule has 1 heterocycles. The minimum atomic E-state index is -3.66. The van der Waals surface area contributed by atoms with E-state index >= 15 is 0 Å². The van der Waals surface area contributed by atoms with Crippen molar-refractivity contribution in [3.8, 4) is 11.1 Å². The monoisotopic (exact) mass is 395 g/mol. The van der Waals surface area contributed by atoms with Crippen molar-refractivity contribution in [2.45, 2.75) is 24.8 Å². The Morgan fingerprint density at radius 1 is 0.929 bits per heavy atom. The van der Waals surface area contributed by atoms with Crippen LogP contribution in [0.15, 0.2) is 77.8 Å². The molecule has 1 atom stereocenters. The lowest BCUT2D eigenvalue weighted by Crippen LogP contribution is -2.27. The van der Waals surface area contributed by atoms with Gasteiger partial charge in [0.15, 0.2) is 0 Å². The summed E-state index contributed by atoms with van der Waals surface area (Å²) >= 11 is 0. The van der Waals surface area contributed by atoms with E-state index < -0.39 is 16.1 Å². The van der Waals surface area contributed by atoms with Gasteiger partial charge in [0.25, 0.3) is 0 Å². The molecule has 0 aliphatic heterocycles. The van der Waals surface area contributed by atoms with Gasteiger partial charge in [-0.3, -0.25) is 9.78 Å². The molecule has 28 heavy (non-hydrogen) atoms. The van der Waals surface area contributed by atoms with Crippen molar-refractivity contribution in [3.63, 3.8) is 0 Å². The van der Waals surface area contributed by atoms with E-state index in [-0.39, 0.29) is 10.8 Å². The number of benzene rings is 2.